The van der Waals surface area contributed by atoms with Crippen molar-refractivity contribution < 1.29 is 13.2 Å². The van der Waals surface area contributed by atoms with Crippen LogP contribution in [-0.4, -0.2) is 46.0 Å². The maximum atomic E-state index is 12.8. The van der Waals surface area contributed by atoms with E-state index in [2.05, 4.69) is 24.8 Å². The summed E-state index contributed by atoms with van der Waals surface area (Å²) in [6.07, 6.45) is -0.992. The third kappa shape index (κ3) is 3.55. The lowest BCUT2D eigenvalue weighted by molar-refractivity contribution is 0.151. The van der Waals surface area contributed by atoms with Crippen LogP contribution in [0.5, 0.6) is 0 Å². The molecule has 1 saturated heterocycles. The average Bonchev–Trinajstić information content (AvgIpc) is 3.06. The second kappa shape index (κ2) is 7.07. The van der Waals surface area contributed by atoms with Gasteiger partial charge in [-0.25, -0.2) is 23.7 Å². The van der Waals surface area contributed by atoms with Crippen LogP contribution in [0.3, 0.4) is 0 Å². The van der Waals surface area contributed by atoms with E-state index >= 15 is 0 Å². The van der Waals surface area contributed by atoms with Crippen LogP contribution in [0.15, 0.2) is 28.9 Å². The molecule has 3 heterocycles. The highest BCUT2D eigenvalue weighted by Gasteiger charge is 2.22. The monoisotopic (exact) mass is 374 g/mol. The number of benzene rings is 1. The zero-order valence-corrected chi connectivity index (χ0v) is 14.9. The number of piperazine rings is 1. The minimum absolute atomic E-state index is 0.0588. The Labute approximate surface area is 154 Å². The summed E-state index contributed by atoms with van der Waals surface area (Å²) < 4.78 is 31.3. The van der Waals surface area contributed by atoms with Gasteiger partial charge in [0.1, 0.15) is 11.8 Å². The molecule has 1 aliphatic rings. The Morgan fingerprint density at radius 3 is 2.70 bits per heavy atom. The standard InChI is InChI=1S/C18H20F2N6O/c1-11-16(21)18(23-10-22-11)26-6-4-25(5-7-26)9-15-24-13-3-2-12(17(19)20)8-14(13)27-15/h2-3,8,10,17H,4-7,9,21H2,1H3. The molecule has 0 spiro atoms. The lowest BCUT2D eigenvalue weighted by atomic mass is 10.2. The summed E-state index contributed by atoms with van der Waals surface area (Å²) in [7, 11) is 0. The van der Waals surface area contributed by atoms with Crippen LogP contribution >= 0.6 is 0 Å². The first kappa shape index (κ1) is 17.6. The molecule has 0 atom stereocenters. The molecule has 2 N–H and O–H groups in total. The number of fused-ring (bicyclic) bond motifs is 1. The number of alkyl halides is 2. The molecular weight excluding hydrogens is 354 g/mol. The number of aromatic nitrogens is 3. The third-order valence-corrected chi connectivity index (χ3v) is 4.80. The topological polar surface area (TPSA) is 84.3 Å². The summed E-state index contributed by atoms with van der Waals surface area (Å²) in [5.41, 5.74) is 8.41. The molecule has 27 heavy (non-hydrogen) atoms. The highest BCUT2D eigenvalue weighted by molar-refractivity contribution is 5.73. The Balaban J connectivity index is 1.42. The van der Waals surface area contributed by atoms with E-state index < -0.39 is 6.43 Å². The molecular formula is C18H20F2N6O. The molecule has 2 aromatic heterocycles. The van der Waals surface area contributed by atoms with Crippen molar-refractivity contribution in [2.45, 2.75) is 19.9 Å². The van der Waals surface area contributed by atoms with E-state index in [9.17, 15) is 8.78 Å². The van der Waals surface area contributed by atoms with E-state index in [1.807, 2.05) is 6.92 Å². The highest BCUT2D eigenvalue weighted by Crippen LogP contribution is 2.26. The second-order valence-electron chi connectivity index (χ2n) is 6.60. The Hall–Kier alpha value is -2.81. The van der Waals surface area contributed by atoms with Gasteiger partial charge in [0, 0.05) is 31.7 Å². The smallest absolute Gasteiger partial charge is 0.263 e. The lowest BCUT2D eigenvalue weighted by Gasteiger charge is -2.35. The number of nitrogen functional groups attached to an aromatic ring is 1. The molecule has 0 unspecified atom stereocenters. The zero-order valence-electron chi connectivity index (χ0n) is 14.9. The minimum atomic E-state index is -2.52. The summed E-state index contributed by atoms with van der Waals surface area (Å²) in [5, 5.41) is 0. The van der Waals surface area contributed by atoms with Crippen LogP contribution in [0.25, 0.3) is 11.1 Å². The van der Waals surface area contributed by atoms with Gasteiger partial charge < -0.3 is 15.1 Å². The van der Waals surface area contributed by atoms with Crippen LogP contribution in [0.2, 0.25) is 0 Å². The second-order valence-corrected chi connectivity index (χ2v) is 6.60. The van der Waals surface area contributed by atoms with E-state index in [0.29, 0.717) is 29.2 Å². The summed E-state index contributed by atoms with van der Waals surface area (Å²) in [4.78, 5) is 17.2. The van der Waals surface area contributed by atoms with E-state index in [1.165, 1.54) is 18.5 Å². The fraction of sp³-hybridized carbons (Fsp3) is 0.389. The molecule has 0 amide bonds. The van der Waals surface area contributed by atoms with Gasteiger partial charge >= 0.3 is 0 Å². The molecule has 7 nitrogen and oxygen atoms in total. The predicted molar refractivity (Wildman–Crippen MR) is 97.6 cm³/mol. The molecule has 9 heteroatoms. The molecule has 3 aromatic rings. The molecule has 4 rings (SSSR count). The Morgan fingerprint density at radius 2 is 1.96 bits per heavy atom. The zero-order chi connectivity index (χ0) is 19.0. The van der Waals surface area contributed by atoms with Crippen molar-refractivity contribution in [1.29, 1.82) is 0 Å². The van der Waals surface area contributed by atoms with E-state index in [0.717, 1.165) is 37.7 Å². The Morgan fingerprint density at radius 1 is 1.19 bits per heavy atom. The number of hydrogen-bond donors (Lipinski definition) is 1. The molecule has 1 aromatic carbocycles. The number of nitrogens with two attached hydrogens (primary N) is 1. The highest BCUT2D eigenvalue weighted by atomic mass is 19.3. The van der Waals surface area contributed by atoms with Gasteiger partial charge in [0.15, 0.2) is 11.4 Å². The molecule has 1 fully saturated rings. The molecule has 1 aliphatic heterocycles. The van der Waals surface area contributed by atoms with Gasteiger partial charge in [-0.2, -0.15) is 0 Å². The Bertz CT molecular complexity index is 952. The minimum Gasteiger partial charge on any atom is -0.439 e. The first-order valence-corrected chi connectivity index (χ1v) is 8.73. The maximum absolute atomic E-state index is 12.8. The molecule has 0 bridgehead atoms. The van der Waals surface area contributed by atoms with Gasteiger partial charge in [-0.15, -0.1) is 0 Å². The van der Waals surface area contributed by atoms with Crippen LogP contribution in [0, 0.1) is 6.92 Å². The number of aryl methyl sites for hydroxylation is 1. The first-order valence-electron chi connectivity index (χ1n) is 8.73. The normalized spacial score (nSPS) is 15.8. The number of halogens is 2. The number of rotatable bonds is 4. The number of oxazole rings is 1. The van der Waals surface area contributed by atoms with Gasteiger partial charge in [-0.05, 0) is 19.1 Å². The van der Waals surface area contributed by atoms with Crippen molar-refractivity contribution in [2.75, 3.05) is 36.8 Å². The van der Waals surface area contributed by atoms with Crippen molar-refractivity contribution in [1.82, 2.24) is 19.9 Å². The van der Waals surface area contributed by atoms with Crippen molar-refractivity contribution in [3.63, 3.8) is 0 Å². The van der Waals surface area contributed by atoms with Crippen molar-refractivity contribution in [3.8, 4) is 0 Å². The molecule has 0 radical (unpaired) electrons. The molecule has 142 valence electrons. The first-order chi connectivity index (χ1) is 13.0. The Kier molecular flexibility index (Phi) is 4.61. The number of hydrogen-bond acceptors (Lipinski definition) is 7. The van der Waals surface area contributed by atoms with Crippen LogP contribution in [-0.2, 0) is 6.54 Å². The SMILES string of the molecule is Cc1ncnc(N2CCN(Cc3nc4ccc(C(F)F)cc4o3)CC2)c1N. The largest absolute Gasteiger partial charge is 0.439 e. The van der Waals surface area contributed by atoms with Crippen molar-refractivity contribution in [3.05, 3.63) is 41.7 Å². The van der Waals surface area contributed by atoms with E-state index in [-0.39, 0.29) is 5.56 Å². The summed E-state index contributed by atoms with van der Waals surface area (Å²) in [6.45, 7) is 5.54. The van der Waals surface area contributed by atoms with Gasteiger partial charge in [0.25, 0.3) is 6.43 Å². The number of anilines is 2. The summed E-state index contributed by atoms with van der Waals surface area (Å²) in [6, 6.07) is 4.31. The van der Waals surface area contributed by atoms with E-state index in [1.54, 1.807) is 6.07 Å². The van der Waals surface area contributed by atoms with Gasteiger partial charge in [-0.1, -0.05) is 6.07 Å². The number of nitrogens with zero attached hydrogens (tertiary/aromatic N) is 5. The van der Waals surface area contributed by atoms with Crippen LogP contribution in [0.1, 0.15) is 23.6 Å². The van der Waals surface area contributed by atoms with Gasteiger partial charge in [-0.3, -0.25) is 4.90 Å². The lowest BCUT2D eigenvalue weighted by Crippen LogP contribution is -2.46. The van der Waals surface area contributed by atoms with Crippen molar-refractivity contribution in [2.24, 2.45) is 0 Å². The molecule has 0 aliphatic carbocycles. The quantitative estimate of drug-likeness (QED) is 0.752. The summed E-state index contributed by atoms with van der Waals surface area (Å²) in [5.74, 6) is 1.30. The maximum Gasteiger partial charge on any atom is 0.263 e. The van der Waals surface area contributed by atoms with Crippen LogP contribution < -0.4 is 10.6 Å². The fourth-order valence-corrected chi connectivity index (χ4v) is 3.22. The predicted octanol–water partition coefficient (Wildman–Crippen LogP) is 2.77. The van der Waals surface area contributed by atoms with Gasteiger partial charge in [0.05, 0.1) is 17.9 Å². The summed E-state index contributed by atoms with van der Waals surface area (Å²) >= 11 is 0. The van der Waals surface area contributed by atoms with Crippen LogP contribution in [0.4, 0.5) is 20.3 Å². The van der Waals surface area contributed by atoms with Gasteiger partial charge in [0.2, 0.25) is 5.89 Å². The fourth-order valence-electron chi connectivity index (χ4n) is 3.22. The van der Waals surface area contributed by atoms with E-state index in [4.69, 9.17) is 10.2 Å². The average molecular weight is 374 g/mol. The van der Waals surface area contributed by atoms with Crippen molar-refractivity contribution >= 4 is 22.6 Å². The molecule has 0 saturated carbocycles. The third-order valence-electron chi connectivity index (χ3n) is 4.80.